The highest BCUT2D eigenvalue weighted by atomic mass is 16.5. The molecule has 5 heteroatoms. The summed E-state index contributed by atoms with van der Waals surface area (Å²) in [5.41, 5.74) is 0. The predicted octanol–water partition coefficient (Wildman–Crippen LogP) is 3.06. The van der Waals surface area contributed by atoms with Crippen molar-refractivity contribution in [2.75, 3.05) is 13.1 Å². The molecule has 0 spiro atoms. The molecule has 0 unspecified atom stereocenters. The van der Waals surface area contributed by atoms with Crippen LogP contribution in [-0.2, 0) is 4.79 Å². The van der Waals surface area contributed by atoms with Crippen molar-refractivity contribution in [3.05, 3.63) is 18.6 Å². The van der Waals surface area contributed by atoms with Gasteiger partial charge in [-0.2, -0.15) is 0 Å². The SMILES string of the molecule is CCCC(CCC)C(=O)N1CCC(Oc2ccncn2)CC1. The van der Waals surface area contributed by atoms with Gasteiger partial charge in [0, 0.05) is 44.1 Å². The Hall–Kier alpha value is -1.65. The van der Waals surface area contributed by atoms with Crippen LogP contribution in [0.3, 0.4) is 0 Å². The second-order valence-corrected chi connectivity index (χ2v) is 5.96. The molecule has 0 bridgehead atoms. The zero-order chi connectivity index (χ0) is 15.8. The van der Waals surface area contributed by atoms with Crippen molar-refractivity contribution in [2.24, 2.45) is 5.92 Å². The van der Waals surface area contributed by atoms with Crippen molar-refractivity contribution in [1.82, 2.24) is 14.9 Å². The molecule has 1 aliphatic heterocycles. The highest BCUT2D eigenvalue weighted by Gasteiger charge is 2.28. The van der Waals surface area contributed by atoms with Gasteiger partial charge in [0.25, 0.3) is 0 Å². The first-order valence-corrected chi connectivity index (χ1v) is 8.46. The van der Waals surface area contributed by atoms with Crippen LogP contribution in [0.15, 0.2) is 18.6 Å². The summed E-state index contributed by atoms with van der Waals surface area (Å²) in [4.78, 5) is 22.6. The minimum atomic E-state index is 0.148. The Kier molecular flexibility index (Phi) is 6.62. The first-order valence-electron chi connectivity index (χ1n) is 8.46. The van der Waals surface area contributed by atoms with Gasteiger partial charge in [-0.25, -0.2) is 9.97 Å². The molecule has 1 fully saturated rings. The van der Waals surface area contributed by atoms with Crippen LogP contribution in [0.25, 0.3) is 0 Å². The van der Waals surface area contributed by atoms with Crippen molar-refractivity contribution in [2.45, 2.75) is 58.5 Å². The highest BCUT2D eigenvalue weighted by Crippen LogP contribution is 2.21. The van der Waals surface area contributed by atoms with Gasteiger partial charge in [0.15, 0.2) is 0 Å². The van der Waals surface area contributed by atoms with E-state index in [-0.39, 0.29) is 12.0 Å². The minimum absolute atomic E-state index is 0.148. The summed E-state index contributed by atoms with van der Waals surface area (Å²) in [5, 5.41) is 0. The van der Waals surface area contributed by atoms with E-state index in [0.717, 1.165) is 51.6 Å². The van der Waals surface area contributed by atoms with E-state index in [4.69, 9.17) is 4.74 Å². The number of ether oxygens (including phenoxy) is 1. The van der Waals surface area contributed by atoms with Gasteiger partial charge in [0.1, 0.15) is 12.4 Å². The van der Waals surface area contributed by atoms with Gasteiger partial charge in [-0.05, 0) is 12.8 Å². The Morgan fingerprint density at radius 3 is 2.55 bits per heavy atom. The number of hydrogen-bond donors (Lipinski definition) is 0. The van der Waals surface area contributed by atoms with Crippen LogP contribution in [0.2, 0.25) is 0 Å². The second-order valence-electron chi connectivity index (χ2n) is 5.96. The number of likely N-dealkylation sites (tertiary alicyclic amines) is 1. The van der Waals surface area contributed by atoms with Gasteiger partial charge in [0.2, 0.25) is 11.8 Å². The number of nitrogens with zero attached hydrogens (tertiary/aromatic N) is 3. The normalized spacial score (nSPS) is 16.0. The molecular weight excluding hydrogens is 278 g/mol. The highest BCUT2D eigenvalue weighted by molar-refractivity contribution is 5.78. The Morgan fingerprint density at radius 1 is 1.32 bits per heavy atom. The molecule has 22 heavy (non-hydrogen) atoms. The lowest BCUT2D eigenvalue weighted by Gasteiger charge is -2.34. The molecule has 0 aromatic carbocycles. The number of amides is 1. The molecule has 0 atom stereocenters. The number of hydrogen-bond acceptors (Lipinski definition) is 4. The zero-order valence-electron chi connectivity index (χ0n) is 13.7. The van der Waals surface area contributed by atoms with E-state index in [1.54, 1.807) is 12.3 Å². The Balaban J connectivity index is 1.82. The molecule has 1 aromatic heterocycles. The summed E-state index contributed by atoms with van der Waals surface area (Å²) in [7, 11) is 0. The Morgan fingerprint density at radius 2 is 2.00 bits per heavy atom. The molecule has 5 nitrogen and oxygen atoms in total. The van der Waals surface area contributed by atoms with E-state index in [1.165, 1.54) is 6.33 Å². The lowest BCUT2D eigenvalue weighted by Crippen LogP contribution is -2.44. The van der Waals surface area contributed by atoms with E-state index >= 15 is 0 Å². The second kappa shape index (κ2) is 8.71. The quantitative estimate of drug-likeness (QED) is 0.777. The van der Waals surface area contributed by atoms with Gasteiger partial charge in [0.05, 0.1) is 0 Å². The van der Waals surface area contributed by atoms with Crippen LogP contribution in [-0.4, -0.2) is 40.0 Å². The Bertz CT molecular complexity index is 438. The minimum Gasteiger partial charge on any atom is -0.474 e. The molecule has 1 aromatic rings. The number of rotatable bonds is 7. The van der Waals surface area contributed by atoms with E-state index in [0.29, 0.717) is 11.8 Å². The molecule has 1 amide bonds. The van der Waals surface area contributed by atoms with Crippen molar-refractivity contribution >= 4 is 5.91 Å². The van der Waals surface area contributed by atoms with Gasteiger partial charge in [-0.1, -0.05) is 26.7 Å². The Labute approximate surface area is 133 Å². The van der Waals surface area contributed by atoms with Gasteiger partial charge in [-0.3, -0.25) is 4.79 Å². The fourth-order valence-corrected chi connectivity index (χ4v) is 3.06. The van der Waals surface area contributed by atoms with Crippen LogP contribution < -0.4 is 4.74 Å². The third kappa shape index (κ3) is 4.68. The van der Waals surface area contributed by atoms with Crippen LogP contribution in [0.1, 0.15) is 52.4 Å². The fraction of sp³-hybridized carbons (Fsp3) is 0.706. The summed E-state index contributed by atoms with van der Waals surface area (Å²) >= 11 is 0. The predicted molar refractivity (Wildman–Crippen MR) is 85.6 cm³/mol. The topological polar surface area (TPSA) is 55.3 Å². The molecule has 1 aliphatic rings. The number of carbonyl (C=O) groups excluding carboxylic acids is 1. The largest absolute Gasteiger partial charge is 0.474 e. The van der Waals surface area contributed by atoms with Crippen molar-refractivity contribution in [1.29, 1.82) is 0 Å². The number of carbonyl (C=O) groups is 1. The maximum Gasteiger partial charge on any atom is 0.225 e. The monoisotopic (exact) mass is 305 g/mol. The lowest BCUT2D eigenvalue weighted by atomic mass is 9.95. The standard InChI is InChI=1S/C17H27N3O2/c1-3-5-14(6-4-2)17(21)20-11-8-15(9-12-20)22-16-7-10-18-13-19-16/h7,10,13-15H,3-6,8-9,11-12H2,1-2H3. The number of aromatic nitrogens is 2. The summed E-state index contributed by atoms with van der Waals surface area (Å²) in [6.07, 6.45) is 9.23. The zero-order valence-corrected chi connectivity index (χ0v) is 13.7. The van der Waals surface area contributed by atoms with Gasteiger partial charge >= 0.3 is 0 Å². The van der Waals surface area contributed by atoms with E-state index in [1.807, 2.05) is 4.90 Å². The maximum atomic E-state index is 12.6. The first-order chi connectivity index (χ1) is 10.7. The van der Waals surface area contributed by atoms with Crippen LogP contribution in [0, 0.1) is 5.92 Å². The van der Waals surface area contributed by atoms with E-state index in [2.05, 4.69) is 23.8 Å². The van der Waals surface area contributed by atoms with Crippen molar-refractivity contribution in [3.63, 3.8) is 0 Å². The molecular formula is C17H27N3O2. The summed E-state index contributed by atoms with van der Waals surface area (Å²) in [6.45, 7) is 5.88. The van der Waals surface area contributed by atoms with Crippen molar-refractivity contribution < 1.29 is 9.53 Å². The van der Waals surface area contributed by atoms with Crippen molar-refractivity contribution in [3.8, 4) is 5.88 Å². The lowest BCUT2D eigenvalue weighted by molar-refractivity contribution is -0.137. The summed E-state index contributed by atoms with van der Waals surface area (Å²) in [5.74, 6) is 1.16. The van der Waals surface area contributed by atoms with Gasteiger partial charge in [-0.15, -0.1) is 0 Å². The molecule has 0 saturated carbocycles. The molecule has 1 saturated heterocycles. The van der Waals surface area contributed by atoms with Crippen LogP contribution in [0.4, 0.5) is 0 Å². The fourth-order valence-electron chi connectivity index (χ4n) is 3.06. The molecule has 0 N–H and O–H groups in total. The average molecular weight is 305 g/mol. The number of piperidine rings is 1. The van der Waals surface area contributed by atoms with E-state index < -0.39 is 0 Å². The molecule has 2 rings (SSSR count). The maximum absolute atomic E-state index is 12.6. The molecule has 0 radical (unpaired) electrons. The first kappa shape index (κ1) is 16.7. The average Bonchev–Trinajstić information content (AvgIpc) is 2.56. The summed E-state index contributed by atoms with van der Waals surface area (Å²) in [6, 6.07) is 1.77. The van der Waals surface area contributed by atoms with E-state index in [9.17, 15) is 4.79 Å². The third-order valence-electron chi connectivity index (χ3n) is 4.22. The van der Waals surface area contributed by atoms with Crippen LogP contribution >= 0.6 is 0 Å². The third-order valence-corrected chi connectivity index (χ3v) is 4.22. The van der Waals surface area contributed by atoms with Gasteiger partial charge < -0.3 is 9.64 Å². The molecule has 122 valence electrons. The molecule has 0 aliphatic carbocycles. The molecule has 2 heterocycles. The summed E-state index contributed by atoms with van der Waals surface area (Å²) < 4.78 is 5.85. The smallest absolute Gasteiger partial charge is 0.225 e. The van der Waals surface area contributed by atoms with Crippen LogP contribution in [0.5, 0.6) is 5.88 Å².